The van der Waals surface area contributed by atoms with Crippen molar-refractivity contribution < 1.29 is 9.90 Å². The van der Waals surface area contributed by atoms with Crippen molar-refractivity contribution in [2.45, 2.75) is 12.8 Å². The first-order valence-corrected chi connectivity index (χ1v) is 8.17. The zero-order valence-electron chi connectivity index (χ0n) is 13.1. The summed E-state index contributed by atoms with van der Waals surface area (Å²) < 4.78 is 0. The van der Waals surface area contributed by atoms with Crippen LogP contribution in [0.3, 0.4) is 0 Å². The van der Waals surface area contributed by atoms with Crippen LogP contribution in [0.15, 0.2) is 72.8 Å². The number of rotatable bonds is 5. The molecule has 0 aliphatic heterocycles. The minimum atomic E-state index is -0.922. The van der Waals surface area contributed by atoms with Crippen LogP contribution in [-0.2, 0) is 11.2 Å². The number of allylic oxidation sites excluding steroid dienone is 1. The van der Waals surface area contributed by atoms with E-state index in [1.807, 2.05) is 66.7 Å². The summed E-state index contributed by atoms with van der Waals surface area (Å²) in [6, 6.07) is 21.7. The van der Waals surface area contributed by atoms with Crippen LogP contribution in [0.5, 0.6) is 0 Å². The molecule has 0 fully saturated rings. The van der Waals surface area contributed by atoms with Gasteiger partial charge in [0.05, 0.1) is 0 Å². The molecule has 0 unspecified atom stereocenters. The maximum atomic E-state index is 11.3. The molecule has 0 radical (unpaired) electrons. The Hall–Kier alpha value is -2.58. The summed E-state index contributed by atoms with van der Waals surface area (Å²) in [7, 11) is 0. The summed E-state index contributed by atoms with van der Waals surface area (Å²) in [5, 5.41) is 12.1. The van der Waals surface area contributed by atoms with Gasteiger partial charge >= 0.3 is 5.97 Å². The average molecular weight is 337 g/mol. The Bertz CT molecular complexity index is 890. The van der Waals surface area contributed by atoms with Gasteiger partial charge in [-0.2, -0.15) is 0 Å². The Morgan fingerprint density at radius 1 is 0.958 bits per heavy atom. The van der Waals surface area contributed by atoms with E-state index in [2.05, 4.69) is 0 Å². The van der Waals surface area contributed by atoms with E-state index in [0.29, 0.717) is 11.4 Å². The number of halogens is 1. The van der Waals surface area contributed by atoms with Gasteiger partial charge in [0.1, 0.15) is 0 Å². The first-order chi connectivity index (χ1) is 11.6. The molecule has 0 amide bonds. The van der Waals surface area contributed by atoms with Crippen molar-refractivity contribution >= 4 is 33.9 Å². The van der Waals surface area contributed by atoms with Crippen LogP contribution in [0.2, 0.25) is 5.02 Å². The summed E-state index contributed by atoms with van der Waals surface area (Å²) in [6.45, 7) is 0. The smallest absolute Gasteiger partial charge is 0.328 e. The number of carbonyl (C=O) groups is 1. The second-order valence-electron chi connectivity index (χ2n) is 5.66. The molecular formula is C21H17ClO2. The topological polar surface area (TPSA) is 37.3 Å². The van der Waals surface area contributed by atoms with E-state index in [9.17, 15) is 9.90 Å². The third kappa shape index (κ3) is 3.84. The van der Waals surface area contributed by atoms with Gasteiger partial charge < -0.3 is 5.11 Å². The van der Waals surface area contributed by atoms with Crippen LogP contribution in [0.25, 0.3) is 16.3 Å². The molecular weight excluding hydrogens is 320 g/mol. The molecule has 1 N–H and O–H groups in total. The highest BCUT2D eigenvalue weighted by atomic mass is 35.5. The molecule has 3 heteroatoms. The maximum Gasteiger partial charge on any atom is 0.328 e. The number of benzene rings is 3. The lowest BCUT2D eigenvalue weighted by molar-refractivity contribution is -0.131. The number of aryl methyl sites for hydroxylation is 1. The second-order valence-corrected chi connectivity index (χ2v) is 6.10. The molecule has 0 aliphatic rings. The Kier molecular flexibility index (Phi) is 4.97. The van der Waals surface area contributed by atoms with Gasteiger partial charge in [0.15, 0.2) is 0 Å². The quantitative estimate of drug-likeness (QED) is 0.616. The van der Waals surface area contributed by atoms with Crippen LogP contribution >= 0.6 is 11.6 Å². The van der Waals surface area contributed by atoms with E-state index in [1.54, 1.807) is 0 Å². The largest absolute Gasteiger partial charge is 0.478 e. The highest BCUT2D eigenvalue weighted by molar-refractivity contribution is 6.30. The molecule has 0 atom stereocenters. The minimum Gasteiger partial charge on any atom is -0.478 e. The maximum absolute atomic E-state index is 11.3. The van der Waals surface area contributed by atoms with E-state index < -0.39 is 5.97 Å². The fraction of sp³-hybridized carbons (Fsp3) is 0.0952. The number of aliphatic carboxylic acids is 1. The second kappa shape index (κ2) is 7.33. The first kappa shape index (κ1) is 16.3. The highest BCUT2D eigenvalue weighted by Crippen LogP contribution is 2.28. The van der Waals surface area contributed by atoms with Crippen molar-refractivity contribution in [2.75, 3.05) is 0 Å². The molecule has 0 saturated heterocycles. The van der Waals surface area contributed by atoms with Gasteiger partial charge in [-0.05, 0) is 52.4 Å². The van der Waals surface area contributed by atoms with E-state index in [1.165, 1.54) is 6.08 Å². The molecule has 0 bridgehead atoms. The monoisotopic (exact) mass is 336 g/mol. The molecule has 0 heterocycles. The molecule has 0 spiro atoms. The fourth-order valence-electron chi connectivity index (χ4n) is 2.87. The summed E-state index contributed by atoms with van der Waals surface area (Å²) in [6.07, 6.45) is 2.74. The van der Waals surface area contributed by atoms with E-state index >= 15 is 0 Å². The summed E-state index contributed by atoms with van der Waals surface area (Å²) >= 11 is 5.92. The fourth-order valence-corrected chi connectivity index (χ4v) is 3.00. The zero-order chi connectivity index (χ0) is 16.9. The third-order valence-electron chi connectivity index (χ3n) is 4.03. The van der Waals surface area contributed by atoms with Gasteiger partial charge in [-0.1, -0.05) is 66.2 Å². The van der Waals surface area contributed by atoms with Crippen molar-refractivity contribution in [2.24, 2.45) is 0 Å². The first-order valence-electron chi connectivity index (χ1n) is 7.79. The molecule has 24 heavy (non-hydrogen) atoms. The molecule has 3 aromatic rings. The molecule has 0 aromatic heterocycles. The van der Waals surface area contributed by atoms with Crippen LogP contribution in [0.4, 0.5) is 0 Å². The average Bonchev–Trinajstić information content (AvgIpc) is 2.59. The van der Waals surface area contributed by atoms with Gasteiger partial charge in [0.25, 0.3) is 0 Å². The number of carboxylic acids is 1. The number of fused-ring (bicyclic) bond motifs is 1. The van der Waals surface area contributed by atoms with Gasteiger partial charge in [0.2, 0.25) is 0 Å². The molecule has 0 aliphatic carbocycles. The van der Waals surface area contributed by atoms with E-state index in [4.69, 9.17) is 11.6 Å². The van der Waals surface area contributed by atoms with Gasteiger partial charge in [-0.3, -0.25) is 0 Å². The lowest BCUT2D eigenvalue weighted by atomic mass is 9.93. The Labute approximate surface area is 146 Å². The molecule has 2 nitrogen and oxygen atoms in total. The lowest BCUT2D eigenvalue weighted by Crippen LogP contribution is -1.96. The van der Waals surface area contributed by atoms with Crippen molar-refractivity contribution in [3.63, 3.8) is 0 Å². The van der Waals surface area contributed by atoms with Gasteiger partial charge in [0, 0.05) is 11.1 Å². The van der Waals surface area contributed by atoms with Crippen LogP contribution in [0.1, 0.15) is 17.5 Å². The summed E-state index contributed by atoms with van der Waals surface area (Å²) in [5.74, 6) is -0.922. The van der Waals surface area contributed by atoms with Gasteiger partial charge in [-0.15, -0.1) is 0 Å². The molecule has 3 rings (SSSR count). The third-order valence-corrected chi connectivity index (χ3v) is 4.28. The SMILES string of the molecule is O=C(O)C=C(CCc1ccc(Cl)cc1)c1cccc2ccccc12. The number of carboxylic acid groups (broad SMARTS) is 1. The highest BCUT2D eigenvalue weighted by Gasteiger charge is 2.09. The zero-order valence-corrected chi connectivity index (χ0v) is 13.8. The van der Waals surface area contributed by atoms with E-state index in [0.717, 1.165) is 33.9 Å². The number of hydrogen-bond acceptors (Lipinski definition) is 1. The molecule has 3 aromatic carbocycles. The normalized spacial score (nSPS) is 11.6. The van der Waals surface area contributed by atoms with Crippen molar-refractivity contribution in [1.82, 2.24) is 0 Å². The number of hydrogen-bond donors (Lipinski definition) is 1. The van der Waals surface area contributed by atoms with Crippen LogP contribution < -0.4 is 0 Å². The summed E-state index contributed by atoms with van der Waals surface area (Å²) in [5.41, 5.74) is 2.94. The van der Waals surface area contributed by atoms with Crippen molar-refractivity contribution in [1.29, 1.82) is 0 Å². The predicted molar refractivity (Wildman–Crippen MR) is 99.3 cm³/mol. The van der Waals surface area contributed by atoms with E-state index in [-0.39, 0.29) is 0 Å². The molecule has 120 valence electrons. The van der Waals surface area contributed by atoms with Crippen molar-refractivity contribution in [3.8, 4) is 0 Å². The standard InChI is InChI=1S/C21H17ClO2/c22-18-12-9-15(10-13-18)8-11-17(14-21(23)24)20-7-3-5-16-4-1-2-6-19(16)20/h1-7,9-10,12-14H,8,11H2,(H,23,24). The Morgan fingerprint density at radius 2 is 1.67 bits per heavy atom. The van der Waals surface area contributed by atoms with Gasteiger partial charge in [-0.25, -0.2) is 4.79 Å². The van der Waals surface area contributed by atoms with Crippen LogP contribution in [0, 0.1) is 0 Å². The minimum absolute atomic E-state index is 0.655. The van der Waals surface area contributed by atoms with Crippen LogP contribution in [-0.4, -0.2) is 11.1 Å². The molecule has 0 saturated carbocycles. The summed E-state index contributed by atoms with van der Waals surface area (Å²) in [4.78, 5) is 11.3. The Morgan fingerprint density at radius 3 is 2.42 bits per heavy atom. The van der Waals surface area contributed by atoms with Crippen molar-refractivity contribution in [3.05, 3.63) is 89.0 Å². The Balaban J connectivity index is 1.94. The lowest BCUT2D eigenvalue weighted by Gasteiger charge is -2.11. The predicted octanol–water partition coefficient (Wildman–Crippen LogP) is 5.59.